The topological polar surface area (TPSA) is 21.6 Å². The Balaban J connectivity index is 0.000000461. The predicted molar refractivity (Wildman–Crippen MR) is 60.3 cm³/mol. The van der Waals surface area contributed by atoms with Crippen molar-refractivity contribution < 1.29 is 4.74 Å². The number of nitrogens with zero attached hydrogens (tertiary/aromatic N) is 1. The summed E-state index contributed by atoms with van der Waals surface area (Å²) in [6.45, 7) is 8.32. The number of rotatable bonds is 0. The lowest BCUT2D eigenvalue weighted by atomic mass is 10.1. The SMILES string of the molecule is CC.CC1=C[C@@H](C)C=C2OC=NC2C1. The third kappa shape index (κ3) is 2.47. The molecule has 2 nitrogen and oxygen atoms in total. The fraction of sp³-hybridized carbons (Fsp3) is 0.583. The Kier molecular flexibility index (Phi) is 3.93. The van der Waals surface area contributed by atoms with Crippen molar-refractivity contribution in [1.29, 1.82) is 0 Å². The van der Waals surface area contributed by atoms with Gasteiger partial charge in [-0.15, -0.1) is 0 Å². The molecule has 0 radical (unpaired) electrons. The van der Waals surface area contributed by atoms with Crippen LogP contribution in [-0.2, 0) is 4.74 Å². The second-order valence-corrected chi connectivity index (χ2v) is 3.53. The average Bonchev–Trinajstić information content (AvgIpc) is 2.50. The lowest BCUT2D eigenvalue weighted by molar-refractivity contribution is 0.424. The smallest absolute Gasteiger partial charge is 0.176 e. The van der Waals surface area contributed by atoms with Crippen molar-refractivity contribution in [3.05, 3.63) is 23.5 Å². The Hall–Kier alpha value is -1.05. The highest BCUT2D eigenvalue weighted by Gasteiger charge is 2.22. The molecule has 0 amide bonds. The number of hydrogen-bond acceptors (Lipinski definition) is 2. The van der Waals surface area contributed by atoms with Gasteiger partial charge in [0.05, 0.1) is 0 Å². The Bertz CT molecular complexity index is 276. The average molecular weight is 193 g/mol. The molecule has 2 atom stereocenters. The van der Waals surface area contributed by atoms with Gasteiger partial charge in [-0.05, 0) is 25.3 Å². The van der Waals surface area contributed by atoms with Gasteiger partial charge in [-0.1, -0.05) is 32.4 Å². The molecule has 0 fully saturated rings. The minimum Gasteiger partial charge on any atom is -0.449 e. The molecule has 0 bridgehead atoms. The minimum atomic E-state index is 0.256. The van der Waals surface area contributed by atoms with Crippen LogP contribution in [0, 0.1) is 5.92 Å². The van der Waals surface area contributed by atoms with E-state index in [1.165, 1.54) is 5.57 Å². The van der Waals surface area contributed by atoms with Crippen molar-refractivity contribution in [2.45, 2.75) is 40.2 Å². The fourth-order valence-corrected chi connectivity index (χ4v) is 1.75. The van der Waals surface area contributed by atoms with Crippen molar-refractivity contribution in [3.63, 3.8) is 0 Å². The quantitative estimate of drug-likeness (QED) is 0.541. The fourth-order valence-electron chi connectivity index (χ4n) is 1.75. The first-order valence-electron chi connectivity index (χ1n) is 5.33. The highest BCUT2D eigenvalue weighted by molar-refractivity contribution is 5.54. The van der Waals surface area contributed by atoms with Crippen LogP contribution in [0.1, 0.15) is 34.1 Å². The lowest BCUT2D eigenvalue weighted by Gasteiger charge is -2.04. The summed E-state index contributed by atoms with van der Waals surface area (Å²) >= 11 is 0. The van der Waals surface area contributed by atoms with E-state index in [-0.39, 0.29) is 6.04 Å². The maximum Gasteiger partial charge on any atom is 0.176 e. The third-order valence-corrected chi connectivity index (χ3v) is 2.25. The van der Waals surface area contributed by atoms with E-state index in [0.29, 0.717) is 5.92 Å². The lowest BCUT2D eigenvalue weighted by Crippen LogP contribution is -2.03. The Morgan fingerprint density at radius 2 is 2.07 bits per heavy atom. The maximum atomic E-state index is 5.29. The molecule has 0 aromatic heterocycles. The van der Waals surface area contributed by atoms with E-state index < -0.39 is 0 Å². The van der Waals surface area contributed by atoms with Crippen molar-refractivity contribution in [1.82, 2.24) is 0 Å². The van der Waals surface area contributed by atoms with E-state index in [0.717, 1.165) is 12.2 Å². The van der Waals surface area contributed by atoms with Gasteiger partial charge in [-0.25, -0.2) is 4.99 Å². The van der Waals surface area contributed by atoms with E-state index in [9.17, 15) is 0 Å². The molecule has 2 heteroatoms. The molecule has 0 N–H and O–H groups in total. The van der Waals surface area contributed by atoms with Crippen molar-refractivity contribution in [3.8, 4) is 0 Å². The van der Waals surface area contributed by atoms with Crippen LogP contribution in [0.3, 0.4) is 0 Å². The summed E-state index contributed by atoms with van der Waals surface area (Å²) in [7, 11) is 0. The van der Waals surface area contributed by atoms with Crippen LogP contribution in [0.2, 0.25) is 0 Å². The molecule has 0 saturated heterocycles. The summed E-state index contributed by atoms with van der Waals surface area (Å²) in [4.78, 5) is 4.25. The molecule has 1 unspecified atom stereocenters. The van der Waals surface area contributed by atoms with Crippen molar-refractivity contribution in [2.24, 2.45) is 10.9 Å². The first kappa shape index (κ1) is 11.0. The molecule has 0 spiro atoms. The standard InChI is InChI=1S/C10H13NO.C2H6/c1-7-3-8(2)5-10-9(4-7)11-6-12-10;1-2/h3,5-6,8-9H,4H2,1-2H3;1-2H3/t8-,9?;/m1./s1. The highest BCUT2D eigenvalue weighted by Crippen LogP contribution is 2.26. The number of aliphatic imine (C=N–C) groups is 1. The largest absolute Gasteiger partial charge is 0.449 e. The molecule has 78 valence electrons. The molecule has 1 heterocycles. The highest BCUT2D eigenvalue weighted by atomic mass is 16.5. The summed E-state index contributed by atoms with van der Waals surface area (Å²) in [5.74, 6) is 1.50. The van der Waals surface area contributed by atoms with Crippen LogP contribution in [0.5, 0.6) is 0 Å². The Morgan fingerprint density at radius 3 is 2.79 bits per heavy atom. The summed E-state index contributed by atoms with van der Waals surface area (Å²) in [6.07, 6.45) is 6.98. The first-order valence-corrected chi connectivity index (χ1v) is 5.33. The summed E-state index contributed by atoms with van der Waals surface area (Å²) in [5.41, 5.74) is 1.40. The van der Waals surface area contributed by atoms with Gasteiger partial charge in [0, 0.05) is 0 Å². The molecule has 0 aromatic carbocycles. The molecule has 2 aliphatic rings. The molecule has 2 rings (SSSR count). The molecule has 1 aliphatic heterocycles. The second-order valence-electron chi connectivity index (χ2n) is 3.53. The van der Waals surface area contributed by atoms with E-state index in [1.807, 2.05) is 13.8 Å². The van der Waals surface area contributed by atoms with Crippen molar-refractivity contribution in [2.75, 3.05) is 0 Å². The van der Waals surface area contributed by atoms with Gasteiger partial charge >= 0.3 is 0 Å². The van der Waals surface area contributed by atoms with E-state index in [4.69, 9.17) is 4.74 Å². The first-order chi connectivity index (χ1) is 6.75. The summed E-state index contributed by atoms with van der Waals surface area (Å²) in [6, 6.07) is 0.256. The third-order valence-electron chi connectivity index (χ3n) is 2.25. The number of hydrogen-bond donors (Lipinski definition) is 0. The van der Waals surface area contributed by atoms with Crippen molar-refractivity contribution >= 4 is 6.40 Å². The molecular formula is C12H19NO. The number of ether oxygens (including phenoxy) is 1. The van der Waals surface area contributed by atoms with E-state index >= 15 is 0 Å². The van der Waals surface area contributed by atoms with Crippen LogP contribution in [0.15, 0.2) is 28.5 Å². The molecule has 0 saturated carbocycles. The van der Waals surface area contributed by atoms with Crippen LogP contribution in [-0.4, -0.2) is 12.4 Å². The van der Waals surface area contributed by atoms with Gasteiger partial charge in [0.15, 0.2) is 6.40 Å². The monoisotopic (exact) mass is 193 g/mol. The molecular weight excluding hydrogens is 174 g/mol. The Labute approximate surface area is 86.4 Å². The van der Waals surface area contributed by atoms with Gasteiger partial charge in [-0.2, -0.15) is 0 Å². The zero-order valence-corrected chi connectivity index (χ0v) is 9.45. The molecule has 1 aliphatic carbocycles. The minimum absolute atomic E-state index is 0.256. The van der Waals surface area contributed by atoms with Gasteiger partial charge in [0.1, 0.15) is 11.8 Å². The van der Waals surface area contributed by atoms with Gasteiger partial charge in [0.25, 0.3) is 0 Å². The van der Waals surface area contributed by atoms with Gasteiger partial charge in [0.2, 0.25) is 0 Å². The Morgan fingerprint density at radius 1 is 1.36 bits per heavy atom. The molecule has 14 heavy (non-hydrogen) atoms. The zero-order chi connectivity index (χ0) is 10.6. The summed E-state index contributed by atoms with van der Waals surface area (Å²) < 4.78 is 5.29. The van der Waals surface area contributed by atoms with Crippen LogP contribution in [0.25, 0.3) is 0 Å². The second kappa shape index (κ2) is 4.99. The number of allylic oxidation sites excluding steroid dienone is 2. The van der Waals surface area contributed by atoms with Crippen LogP contribution < -0.4 is 0 Å². The maximum absolute atomic E-state index is 5.29. The predicted octanol–water partition coefficient (Wildman–Crippen LogP) is 3.31. The van der Waals surface area contributed by atoms with E-state index in [1.54, 1.807) is 6.40 Å². The molecule has 0 aromatic rings. The van der Waals surface area contributed by atoms with Gasteiger partial charge in [-0.3, -0.25) is 0 Å². The summed E-state index contributed by atoms with van der Waals surface area (Å²) in [5, 5.41) is 0. The van der Waals surface area contributed by atoms with Gasteiger partial charge < -0.3 is 4.74 Å². The normalized spacial score (nSPS) is 28.9. The zero-order valence-electron chi connectivity index (χ0n) is 9.45. The van der Waals surface area contributed by atoms with Crippen LogP contribution >= 0.6 is 0 Å². The van der Waals surface area contributed by atoms with Crippen LogP contribution in [0.4, 0.5) is 0 Å². The van der Waals surface area contributed by atoms with E-state index in [2.05, 4.69) is 31.0 Å². The number of fused-ring (bicyclic) bond motifs is 1.